The second-order valence-electron chi connectivity index (χ2n) is 6.55. The SMILES string of the molecule is Cc1nc2ccc(Br)cc2c(=O)n1N=Cc1ccccc1OCC(=O)OC(C)C. The number of aryl methyl sites for hydroxylation is 1. The molecule has 3 rings (SSSR count). The Bertz CT molecular complexity index is 1140. The molecule has 1 heterocycles. The number of para-hydroxylation sites is 1. The Labute approximate surface area is 176 Å². The Morgan fingerprint density at radius 1 is 1.28 bits per heavy atom. The molecule has 150 valence electrons. The number of ether oxygens (including phenoxy) is 2. The summed E-state index contributed by atoms with van der Waals surface area (Å²) in [6.45, 7) is 5.04. The summed E-state index contributed by atoms with van der Waals surface area (Å²) in [5, 5.41) is 4.76. The maximum Gasteiger partial charge on any atom is 0.344 e. The molecule has 0 aliphatic carbocycles. The van der Waals surface area contributed by atoms with E-state index in [1.165, 1.54) is 10.9 Å². The van der Waals surface area contributed by atoms with Crippen molar-refractivity contribution >= 4 is 39.0 Å². The van der Waals surface area contributed by atoms with Crippen molar-refractivity contribution in [2.45, 2.75) is 26.9 Å². The summed E-state index contributed by atoms with van der Waals surface area (Å²) in [7, 11) is 0. The van der Waals surface area contributed by atoms with Crippen molar-refractivity contribution in [2.75, 3.05) is 6.61 Å². The third-order valence-corrected chi connectivity index (χ3v) is 4.41. The Balaban J connectivity index is 1.89. The lowest BCUT2D eigenvalue weighted by Gasteiger charge is -2.11. The lowest BCUT2D eigenvalue weighted by Crippen LogP contribution is -2.21. The lowest BCUT2D eigenvalue weighted by molar-refractivity contribution is -0.149. The highest BCUT2D eigenvalue weighted by Gasteiger charge is 2.10. The minimum absolute atomic E-state index is 0.210. The molecule has 0 unspecified atom stereocenters. The van der Waals surface area contributed by atoms with Crippen molar-refractivity contribution in [1.82, 2.24) is 9.66 Å². The van der Waals surface area contributed by atoms with E-state index in [-0.39, 0.29) is 18.3 Å². The van der Waals surface area contributed by atoms with Gasteiger partial charge in [0.1, 0.15) is 11.6 Å². The van der Waals surface area contributed by atoms with Gasteiger partial charge in [-0.2, -0.15) is 9.78 Å². The average molecular weight is 458 g/mol. The van der Waals surface area contributed by atoms with E-state index in [0.717, 1.165) is 4.47 Å². The molecular weight excluding hydrogens is 438 g/mol. The first-order chi connectivity index (χ1) is 13.8. The van der Waals surface area contributed by atoms with E-state index in [9.17, 15) is 9.59 Å². The normalized spacial score (nSPS) is 11.3. The number of aromatic nitrogens is 2. The zero-order chi connectivity index (χ0) is 21.0. The number of fused-ring (bicyclic) bond motifs is 1. The highest BCUT2D eigenvalue weighted by atomic mass is 79.9. The van der Waals surface area contributed by atoms with Crippen LogP contribution in [0.25, 0.3) is 10.9 Å². The van der Waals surface area contributed by atoms with E-state index >= 15 is 0 Å². The van der Waals surface area contributed by atoms with Crippen LogP contribution in [0.1, 0.15) is 25.2 Å². The molecule has 0 aliphatic heterocycles. The summed E-state index contributed by atoms with van der Waals surface area (Å²) < 4.78 is 12.6. The molecule has 0 aliphatic rings. The van der Waals surface area contributed by atoms with Gasteiger partial charge in [0.25, 0.3) is 5.56 Å². The fourth-order valence-electron chi connectivity index (χ4n) is 2.67. The van der Waals surface area contributed by atoms with Crippen LogP contribution in [-0.2, 0) is 9.53 Å². The number of hydrogen-bond acceptors (Lipinski definition) is 6. The minimum Gasteiger partial charge on any atom is -0.481 e. The second kappa shape index (κ2) is 9.00. The predicted molar refractivity (Wildman–Crippen MR) is 115 cm³/mol. The van der Waals surface area contributed by atoms with Gasteiger partial charge in [0.2, 0.25) is 0 Å². The summed E-state index contributed by atoms with van der Waals surface area (Å²) in [5.41, 5.74) is 0.948. The second-order valence-corrected chi connectivity index (χ2v) is 7.46. The molecule has 2 aromatic carbocycles. The molecule has 7 nitrogen and oxygen atoms in total. The van der Waals surface area contributed by atoms with Crippen molar-refractivity contribution in [3.05, 3.63) is 68.7 Å². The smallest absolute Gasteiger partial charge is 0.344 e. The molecule has 0 atom stereocenters. The van der Waals surface area contributed by atoms with Gasteiger partial charge in [0.05, 0.1) is 23.2 Å². The first-order valence-electron chi connectivity index (χ1n) is 8.99. The van der Waals surface area contributed by atoms with Crippen LogP contribution in [0.15, 0.2) is 56.8 Å². The fraction of sp³-hybridized carbons (Fsp3) is 0.238. The molecule has 0 saturated carbocycles. The van der Waals surface area contributed by atoms with Crippen molar-refractivity contribution in [3.63, 3.8) is 0 Å². The molecule has 0 amide bonds. The molecule has 1 aromatic heterocycles. The lowest BCUT2D eigenvalue weighted by atomic mass is 10.2. The average Bonchev–Trinajstić information content (AvgIpc) is 2.67. The zero-order valence-electron chi connectivity index (χ0n) is 16.3. The van der Waals surface area contributed by atoms with Gasteiger partial charge in [-0.05, 0) is 51.1 Å². The zero-order valence-corrected chi connectivity index (χ0v) is 17.8. The number of nitrogens with zero attached hydrogens (tertiary/aromatic N) is 3. The topological polar surface area (TPSA) is 82.8 Å². The van der Waals surface area contributed by atoms with Gasteiger partial charge < -0.3 is 9.47 Å². The Morgan fingerprint density at radius 2 is 2.03 bits per heavy atom. The number of rotatable bonds is 6. The number of hydrogen-bond donors (Lipinski definition) is 0. The summed E-state index contributed by atoms with van der Waals surface area (Å²) in [6, 6.07) is 12.4. The van der Waals surface area contributed by atoms with Gasteiger partial charge in [-0.3, -0.25) is 4.79 Å². The van der Waals surface area contributed by atoms with E-state index in [4.69, 9.17) is 9.47 Å². The Kier molecular flexibility index (Phi) is 6.43. The third-order valence-electron chi connectivity index (χ3n) is 3.91. The van der Waals surface area contributed by atoms with E-state index < -0.39 is 5.97 Å². The van der Waals surface area contributed by atoms with E-state index in [1.807, 2.05) is 12.1 Å². The molecule has 3 aromatic rings. The van der Waals surface area contributed by atoms with E-state index in [0.29, 0.717) is 28.0 Å². The van der Waals surface area contributed by atoms with Crippen molar-refractivity contribution in [2.24, 2.45) is 5.10 Å². The van der Waals surface area contributed by atoms with Gasteiger partial charge in [-0.15, -0.1) is 0 Å². The fourth-order valence-corrected chi connectivity index (χ4v) is 3.03. The van der Waals surface area contributed by atoms with Gasteiger partial charge in [0.15, 0.2) is 6.61 Å². The Morgan fingerprint density at radius 3 is 2.79 bits per heavy atom. The predicted octanol–water partition coefficient (Wildman–Crippen LogP) is 3.68. The highest BCUT2D eigenvalue weighted by Crippen LogP contribution is 2.17. The summed E-state index contributed by atoms with van der Waals surface area (Å²) in [4.78, 5) is 29.0. The first-order valence-corrected chi connectivity index (χ1v) is 9.79. The summed E-state index contributed by atoms with van der Waals surface area (Å²) in [6.07, 6.45) is 1.29. The first kappa shape index (κ1) is 20.7. The minimum atomic E-state index is -0.455. The monoisotopic (exact) mass is 457 g/mol. The maximum absolute atomic E-state index is 12.8. The maximum atomic E-state index is 12.8. The summed E-state index contributed by atoms with van der Waals surface area (Å²) in [5.74, 6) is 0.460. The van der Waals surface area contributed by atoms with Gasteiger partial charge >= 0.3 is 5.97 Å². The molecule has 0 bridgehead atoms. The van der Waals surface area contributed by atoms with Crippen LogP contribution < -0.4 is 10.3 Å². The Hall–Kier alpha value is -3.00. The summed E-state index contributed by atoms with van der Waals surface area (Å²) >= 11 is 3.37. The van der Waals surface area contributed by atoms with Crippen molar-refractivity contribution in [3.8, 4) is 5.75 Å². The highest BCUT2D eigenvalue weighted by molar-refractivity contribution is 9.10. The van der Waals surface area contributed by atoms with Crippen LogP contribution in [0, 0.1) is 6.92 Å². The van der Waals surface area contributed by atoms with Crippen LogP contribution in [0.5, 0.6) is 5.75 Å². The molecule has 29 heavy (non-hydrogen) atoms. The van der Waals surface area contributed by atoms with E-state index in [1.54, 1.807) is 51.1 Å². The van der Waals surface area contributed by atoms with Gasteiger partial charge in [-0.25, -0.2) is 9.78 Å². The van der Waals surface area contributed by atoms with E-state index in [2.05, 4.69) is 26.0 Å². The van der Waals surface area contributed by atoms with Crippen LogP contribution >= 0.6 is 15.9 Å². The number of carbonyl (C=O) groups is 1. The van der Waals surface area contributed by atoms with Crippen LogP contribution in [-0.4, -0.2) is 34.6 Å². The molecular formula is C21H20BrN3O4. The van der Waals surface area contributed by atoms with Gasteiger partial charge in [0, 0.05) is 10.0 Å². The van der Waals surface area contributed by atoms with Crippen molar-refractivity contribution in [1.29, 1.82) is 0 Å². The third kappa shape index (κ3) is 5.08. The molecule has 8 heteroatoms. The molecule has 0 radical (unpaired) electrons. The quantitative estimate of drug-likeness (QED) is 0.416. The number of halogens is 1. The van der Waals surface area contributed by atoms with Crippen molar-refractivity contribution < 1.29 is 14.3 Å². The van der Waals surface area contributed by atoms with Crippen LogP contribution in [0.3, 0.4) is 0 Å². The van der Waals surface area contributed by atoms with Crippen LogP contribution in [0.2, 0.25) is 0 Å². The largest absolute Gasteiger partial charge is 0.481 e. The molecule has 0 fully saturated rings. The van der Waals surface area contributed by atoms with Gasteiger partial charge in [-0.1, -0.05) is 28.1 Å². The molecule has 0 N–H and O–H groups in total. The standard InChI is InChI=1S/C21H20BrN3O4/c1-13(2)29-20(26)12-28-19-7-5-4-6-15(19)11-23-25-14(3)24-18-9-8-16(22)10-17(18)21(25)27/h4-11,13H,12H2,1-3H3. The number of esters is 1. The molecule has 0 saturated heterocycles. The number of benzene rings is 2. The van der Waals surface area contributed by atoms with Crippen LogP contribution in [0.4, 0.5) is 0 Å². The molecule has 0 spiro atoms. The number of carbonyl (C=O) groups excluding carboxylic acids is 1.